The Kier molecular flexibility index (Phi) is 4.20. The molecule has 2 nitrogen and oxygen atoms in total. The first-order chi connectivity index (χ1) is 9.75. The molecule has 4 fully saturated rings. The average Bonchev–Trinajstić information content (AvgIpc) is 2.44. The molecular formula is C18H26ClNO. The van der Waals surface area contributed by atoms with Crippen LogP contribution in [0.1, 0.15) is 44.1 Å². The van der Waals surface area contributed by atoms with Crippen molar-refractivity contribution in [3.63, 3.8) is 0 Å². The molecule has 0 radical (unpaired) electrons. The van der Waals surface area contributed by atoms with E-state index in [1.54, 1.807) is 7.11 Å². The van der Waals surface area contributed by atoms with Gasteiger partial charge in [-0.05, 0) is 74.0 Å². The Balaban J connectivity index is 0.00000132. The zero-order valence-electron chi connectivity index (χ0n) is 12.8. The van der Waals surface area contributed by atoms with Crippen LogP contribution in [0.2, 0.25) is 0 Å². The summed E-state index contributed by atoms with van der Waals surface area (Å²) in [5, 5.41) is 3.94. The van der Waals surface area contributed by atoms with Crippen LogP contribution >= 0.6 is 12.4 Å². The number of hydrogen-bond acceptors (Lipinski definition) is 2. The Hall–Kier alpha value is -0.730. The van der Waals surface area contributed by atoms with Gasteiger partial charge < -0.3 is 10.1 Å². The number of halogens is 1. The Morgan fingerprint density at radius 1 is 1.10 bits per heavy atom. The molecule has 116 valence electrons. The Morgan fingerprint density at radius 3 is 2.29 bits per heavy atom. The monoisotopic (exact) mass is 307 g/mol. The van der Waals surface area contributed by atoms with Crippen molar-refractivity contribution in [1.29, 1.82) is 0 Å². The van der Waals surface area contributed by atoms with Gasteiger partial charge in [-0.2, -0.15) is 0 Å². The maximum absolute atomic E-state index is 5.32. The van der Waals surface area contributed by atoms with Crippen LogP contribution in [0.3, 0.4) is 0 Å². The lowest BCUT2D eigenvalue weighted by molar-refractivity contribution is -0.0206. The van der Waals surface area contributed by atoms with E-state index in [9.17, 15) is 0 Å². The van der Waals surface area contributed by atoms with E-state index < -0.39 is 0 Å². The van der Waals surface area contributed by atoms with Gasteiger partial charge in [0.15, 0.2) is 0 Å². The predicted molar refractivity (Wildman–Crippen MR) is 88.0 cm³/mol. The highest BCUT2D eigenvalue weighted by atomic mass is 35.5. The van der Waals surface area contributed by atoms with Crippen molar-refractivity contribution in [3.05, 3.63) is 29.8 Å². The second-order valence-corrected chi connectivity index (χ2v) is 7.40. The molecule has 1 N–H and O–H groups in total. The topological polar surface area (TPSA) is 21.3 Å². The normalized spacial score (nSPS) is 36.3. The summed E-state index contributed by atoms with van der Waals surface area (Å²) in [5.41, 5.74) is 1.80. The van der Waals surface area contributed by atoms with E-state index in [-0.39, 0.29) is 12.4 Å². The molecule has 0 amide bonds. The minimum Gasteiger partial charge on any atom is -0.497 e. The van der Waals surface area contributed by atoms with E-state index in [2.05, 4.69) is 23.5 Å². The van der Waals surface area contributed by atoms with Gasteiger partial charge in [-0.3, -0.25) is 0 Å². The molecule has 4 saturated carbocycles. The third-order valence-electron chi connectivity index (χ3n) is 5.84. The Bertz CT molecular complexity index is 466. The zero-order chi connectivity index (χ0) is 13.6. The minimum atomic E-state index is 0. The molecule has 0 aromatic heterocycles. The lowest BCUT2D eigenvalue weighted by Gasteiger charge is -2.57. The molecule has 5 rings (SSSR count). The number of ether oxygens (including phenoxy) is 1. The van der Waals surface area contributed by atoms with Crippen molar-refractivity contribution >= 4 is 12.4 Å². The van der Waals surface area contributed by atoms with Gasteiger partial charge in [-0.1, -0.05) is 12.1 Å². The van der Waals surface area contributed by atoms with Gasteiger partial charge in [0.1, 0.15) is 5.75 Å². The maximum Gasteiger partial charge on any atom is 0.119 e. The van der Waals surface area contributed by atoms with E-state index in [0.717, 1.165) is 30.0 Å². The van der Waals surface area contributed by atoms with E-state index in [0.29, 0.717) is 5.54 Å². The highest BCUT2D eigenvalue weighted by Crippen LogP contribution is 2.55. The molecule has 1 aromatic carbocycles. The minimum absolute atomic E-state index is 0. The summed E-state index contributed by atoms with van der Waals surface area (Å²) in [6.45, 7) is 0.989. The molecule has 3 heteroatoms. The fourth-order valence-electron chi connectivity index (χ4n) is 5.40. The Labute approximate surface area is 134 Å². The van der Waals surface area contributed by atoms with Gasteiger partial charge in [0.05, 0.1) is 7.11 Å². The van der Waals surface area contributed by atoms with Crippen molar-refractivity contribution in [2.24, 2.45) is 17.8 Å². The fraction of sp³-hybridized carbons (Fsp3) is 0.667. The first kappa shape index (κ1) is 15.2. The van der Waals surface area contributed by atoms with Gasteiger partial charge >= 0.3 is 0 Å². The molecule has 0 heterocycles. The van der Waals surface area contributed by atoms with Crippen LogP contribution < -0.4 is 10.1 Å². The molecule has 0 atom stereocenters. The molecule has 4 bridgehead atoms. The van der Waals surface area contributed by atoms with Crippen molar-refractivity contribution in [1.82, 2.24) is 5.32 Å². The van der Waals surface area contributed by atoms with Crippen LogP contribution in [0.4, 0.5) is 0 Å². The number of benzene rings is 1. The molecule has 0 saturated heterocycles. The van der Waals surface area contributed by atoms with Crippen LogP contribution in [0.25, 0.3) is 0 Å². The highest BCUT2D eigenvalue weighted by Gasteiger charge is 2.50. The lowest BCUT2D eigenvalue weighted by atomic mass is 9.53. The lowest BCUT2D eigenvalue weighted by Crippen LogP contribution is -2.58. The summed E-state index contributed by atoms with van der Waals surface area (Å²) in [6.07, 6.45) is 8.80. The molecule has 0 aliphatic heterocycles. The van der Waals surface area contributed by atoms with Crippen LogP contribution in [0.15, 0.2) is 24.3 Å². The third kappa shape index (κ3) is 2.93. The molecule has 0 unspecified atom stereocenters. The largest absolute Gasteiger partial charge is 0.497 e. The van der Waals surface area contributed by atoms with Gasteiger partial charge in [0.2, 0.25) is 0 Å². The summed E-state index contributed by atoms with van der Waals surface area (Å²) < 4.78 is 5.32. The van der Waals surface area contributed by atoms with Crippen molar-refractivity contribution < 1.29 is 4.74 Å². The molecular weight excluding hydrogens is 282 g/mol. The van der Waals surface area contributed by atoms with Gasteiger partial charge in [0.25, 0.3) is 0 Å². The summed E-state index contributed by atoms with van der Waals surface area (Å²) in [6, 6.07) is 8.48. The zero-order valence-corrected chi connectivity index (χ0v) is 13.6. The second-order valence-electron chi connectivity index (χ2n) is 7.40. The molecule has 21 heavy (non-hydrogen) atoms. The summed E-state index contributed by atoms with van der Waals surface area (Å²) >= 11 is 0. The molecule has 4 aliphatic rings. The average molecular weight is 308 g/mol. The van der Waals surface area contributed by atoms with E-state index in [4.69, 9.17) is 4.74 Å². The third-order valence-corrected chi connectivity index (χ3v) is 5.84. The number of hydrogen-bond donors (Lipinski definition) is 1. The maximum atomic E-state index is 5.32. The predicted octanol–water partition coefficient (Wildman–Crippen LogP) is 4.18. The van der Waals surface area contributed by atoms with Crippen LogP contribution in [-0.2, 0) is 6.54 Å². The van der Waals surface area contributed by atoms with E-state index in [1.807, 2.05) is 6.07 Å². The summed E-state index contributed by atoms with van der Waals surface area (Å²) in [4.78, 5) is 0. The van der Waals surface area contributed by atoms with Gasteiger partial charge in [-0.15, -0.1) is 12.4 Å². The number of rotatable bonds is 4. The summed E-state index contributed by atoms with van der Waals surface area (Å²) in [5.74, 6) is 4.01. The van der Waals surface area contributed by atoms with E-state index in [1.165, 1.54) is 44.1 Å². The van der Waals surface area contributed by atoms with Crippen molar-refractivity contribution in [2.75, 3.05) is 7.11 Å². The number of methoxy groups -OCH3 is 1. The fourth-order valence-corrected chi connectivity index (χ4v) is 5.40. The number of nitrogens with one attached hydrogen (secondary N) is 1. The molecule has 4 aliphatic carbocycles. The standard InChI is InChI=1S/C18H25NO.ClH/c1-20-17-4-2-3-13(8-17)12-19-18-9-14-5-15(10-18)7-16(6-14)11-18;/h2-4,8,14-16,19H,5-7,9-12H2,1H3;1H. The first-order valence-electron chi connectivity index (χ1n) is 8.13. The van der Waals surface area contributed by atoms with Crippen LogP contribution in [0.5, 0.6) is 5.75 Å². The van der Waals surface area contributed by atoms with E-state index >= 15 is 0 Å². The van der Waals surface area contributed by atoms with Crippen molar-refractivity contribution in [2.45, 2.75) is 50.6 Å². The molecule has 1 aromatic rings. The highest BCUT2D eigenvalue weighted by molar-refractivity contribution is 5.85. The van der Waals surface area contributed by atoms with Crippen molar-refractivity contribution in [3.8, 4) is 5.75 Å². The van der Waals surface area contributed by atoms with Crippen LogP contribution in [0, 0.1) is 17.8 Å². The SMILES string of the molecule is COc1cccc(CNC23CC4CC(CC(C4)C2)C3)c1.Cl. The summed E-state index contributed by atoms with van der Waals surface area (Å²) in [7, 11) is 1.74. The van der Waals surface area contributed by atoms with Gasteiger partial charge in [-0.25, -0.2) is 0 Å². The Morgan fingerprint density at radius 2 is 1.71 bits per heavy atom. The quantitative estimate of drug-likeness (QED) is 0.901. The smallest absolute Gasteiger partial charge is 0.119 e. The first-order valence-corrected chi connectivity index (χ1v) is 8.13. The van der Waals surface area contributed by atoms with Gasteiger partial charge in [0, 0.05) is 12.1 Å². The molecule has 0 spiro atoms. The second kappa shape index (κ2) is 5.81. The van der Waals surface area contributed by atoms with Crippen LogP contribution in [-0.4, -0.2) is 12.6 Å².